The molecule has 2 aromatic rings. The summed E-state index contributed by atoms with van der Waals surface area (Å²) in [7, 11) is 0. The minimum Gasteiger partial charge on any atom is -0.485 e. The van der Waals surface area contributed by atoms with Crippen LogP contribution < -0.4 is 20.5 Å². The van der Waals surface area contributed by atoms with Crippen LogP contribution in [0.5, 0.6) is 11.5 Å². The fourth-order valence-electron chi connectivity index (χ4n) is 1.99. The predicted octanol–water partition coefficient (Wildman–Crippen LogP) is 1.75. The number of amides is 1. The molecule has 0 bridgehead atoms. The summed E-state index contributed by atoms with van der Waals surface area (Å²) in [5.74, 6) is 1.34. The van der Waals surface area contributed by atoms with Crippen LogP contribution in [-0.2, 0) is 4.79 Å². The molecule has 108 valence electrons. The number of rotatable bonds is 2. The molecule has 1 aliphatic heterocycles. The largest absolute Gasteiger partial charge is 0.485 e. The highest BCUT2D eigenvalue weighted by Crippen LogP contribution is 2.31. The molecule has 0 aliphatic carbocycles. The number of nitrogens with zero attached hydrogens (tertiary/aromatic N) is 1. The van der Waals surface area contributed by atoms with Crippen molar-refractivity contribution in [3.8, 4) is 11.5 Å². The van der Waals surface area contributed by atoms with Gasteiger partial charge in [-0.2, -0.15) is 0 Å². The molecule has 1 aliphatic rings. The van der Waals surface area contributed by atoms with E-state index < -0.39 is 6.10 Å². The molecule has 6 nitrogen and oxygen atoms in total. The number of hydrogen-bond donors (Lipinski definition) is 2. The highest BCUT2D eigenvalue weighted by atomic mass is 16.6. The summed E-state index contributed by atoms with van der Waals surface area (Å²) in [6.45, 7) is 2.01. The summed E-state index contributed by atoms with van der Waals surface area (Å²) < 4.78 is 11.1. The number of aryl methyl sites for hydroxylation is 1. The second-order valence-electron chi connectivity index (χ2n) is 4.78. The highest BCUT2D eigenvalue weighted by Gasteiger charge is 2.27. The Morgan fingerprint density at radius 3 is 2.90 bits per heavy atom. The number of pyridine rings is 1. The summed E-state index contributed by atoms with van der Waals surface area (Å²) in [6.07, 6.45) is 0.804. The molecule has 3 rings (SSSR count). The first-order chi connectivity index (χ1) is 10.1. The van der Waals surface area contributed by atoms with E-state index in [1.165, 1.54) is 6.20 Å². The first-order valence-electron chi connectivity index (χ1n) is 6.55. The summed E-state index contributed by atoms with van der Waals surface area (Å²) in [6, 6.07) is 8.95. The molecule has 0 spiro atoms. The lowest BCUT2D eigenvalue weighted by Crippen LogP contribution is -2.40. The molecule has 1 aromatic carbocycles. The van der Waals surface area contributed by atoms with Crippen molar-refractivity contribution in [3.05, 3.63) is 42.1 Å². The van der Waals surface area contributed by atoms with Crippen molar-refractivity contribution < 1.29 is 14.3 Å². The maximum atomic E-state index is 12.2. The van der Waals surface area contributed by atoms with E-state index in [0.29, 0.717) is 23.0 Å². The van der Waals surface area contributed by atoms with E-state index in [1.54, 1.807) is 18.2 Å². The van der Waals surface area contributed by atoms with Crippen molar-refractivity contribution >= 4 is 17.4 Å². The van der Waals surface area contributed by atoms with Gasteiger partial charge in [-0.1, -0.05) is 12.1 Å². The maximum absolute atomic E-state index is 12.2. The van der Waals surface area contributed by atoms with Gasteiger partial charge < -0.3 is 20.5 Å². The van der Waals surface area contributed by atoms with Crippen LogP contribution in [0.2, 0.25) is 0 Å². The fraction of sp³-hybridized carbons (Fsp3) is 0.200. The zero-order chi connectivity index (χ0) is 14.8. The second-order valence-corrected chi connectivity index (χ2v) is 4.78. The molecule has 1 amide bonds. The number of carbonyl (C=O) groups excluding carboxylic acids is 1. The molecule has 0 saturated heterocycles. The third-order valence-electron chi connectivity index (χ3n) is 3.20. The van der Waals surface area contributed by atoms with Gasteiger partial charge in [0.15, 0.2) is 11.5 Å². The highest BCUT2D eigenvalue weighted by molar-refractivity contribution is 5.94. The van der Waals surface area contributed by atoms with Crippen LogP contribution in [0.25, 0.3) is 0 Å². The van der Waals surface area contributed by atoms with E-state index >= 15 is 0 Å². The normalized spacial score (nSPS) is 16.3. The maximum Gasteiger partial charge on any atom is 0.270 e. The smallest absolute Gasteiger partial charge is 0.270 e. The number of carbonyl (C=O) groups is 1. The molecular formula is C15H15N3O3. The number of hydrogen-bond acceptors (Lipinski definition) is 5. The Morgan fingerprint density at radius 2 is 2.14 bits per heavy atom. The molecule has 1 aromatic heterocycles. The quantitative estimate of drug-likeness (QED) is 0.878. The number of nitrogen functional groups attached to an aromatic ring is 1. The predicted molar refractivity (Wildman–Crippen MR) is 78.4 cm³/mol. The standard InChI is InChI=1S/C15H15N3O3/c1-9-6-14(17-7-10(9)16)18-15(19)13-8-20-11-4-2-3-5-12(11)21-13/h2-7,13H,8,16H2,1H3,(H,17,18,19). The Hall–Kier alpha value is -2.76. The Labute approximate surface area is 121 Å². The van der Waals surface area contributed by atoms with Crippen molar-refractivity contribution in [2.24, 2.45) is 0 Å². The van der Waals surface area contributed by atoms with Crippen molar-refractivity contribution in [1.82, 2.24) is 4.98 Å². The number of nitrogens with one attached hydrogen (secondary N) is 1. The van der Waals surface area contributed by atoms with Gasteiger partial charge in [-0.25, -0.2) is 4.98 Å². The van der Waals surface area contributed by atoms with Crippen LogP contribution in [0, 0.1) is 6.92 Å². The minimum absolute atomic E-state index is 0.163. The molecule has 3 N–H and O–H groups in total. The fourth-order valence-corrected chi connectivity index (χ4v) is 1.99. The number of fused-ring (bicyclic) bond motifs is 1. The Kier molecular flexibility index (Phi) is 3.35. The SMILES string of the molecule is Cc1cc(NC(=O)C2COc3ccccc3O2)ncc1N. The summed E-state index contributed by atoms with van der Waals surface area (Å²) in [4.78, 5) is 16.3. The van der Waals surface area contributed by atoms with Gasteiger partial charge in [-0.15, -0.1) is 0 Å². The first kappa shape index (κ1) is 13.2. The molecule has 1 atom stereocenters. The van der Waals surface area contributed by atoms with Crippen LogP contribution in [0.15, 0.2) is 36.5 Å². The van der Waals surface area contributed by atoms with Crippen molar-refractivity contribution in [2.45, 2.75) is 13.0 Å². The van der Waals surface area contributed by atoms with Gasteiger partial charge in [0.2, 0.25) is 6.10 Å². The number of aromatic nitrogens is 1. The Morgan fingerprint density at radius 1 is 1.38 bits per heavy atom. The summed E-state index contributed by atoms with van der Waals surface area (Å²) >= 11 is 0. The van der Waals surface area contributed by atoms with Gasteiger partial charge in [-0.05, 0) is 30.7 Å². The van der Waals surface area contributed by atoms with Crippen LogP contribution in [-0.4, -0.2) is 23.6 Å². The van der Waals surface area contributed by atoms with Gasteiger partial charge in [0.1, 0.15) is 12.4 Å². The number of nitrogens with two attached hydrogens (primary N) is 1. The average molecular weight is 285 g/mol. The lowest BCUT2D eigenvalue weighted by molar-refractivity contribution is -0.125. The van der Waals surface area contributed by atoms with Crippen LogP contribution in [0.1, 0.15) is 5.56 Å². The van der Waals surface area contributed by atoms with E-state index in [0.717, 1.165) is 5.56 Å². The van der Waals surface area contributed by atoms with Crippen LogP contribution in [0.4, 0.5) is 11.5 Å². The Bertz CT molecular complexity index is 688. The van der Waals surface area contributed by atoms with Crippen molar-refractivity contribution in [1.29, 1.82) is 0 Å². The van der Waals surface area contributed by atoms with E-state index in [-0.39, 0.29) is 12.5 Å². The number of benzene rings is 1. The van der Waals surface area contributed by atoms with Gasteiger partial charge >= 0.3 is 0 Å². The second kappa shape index (κ2) is 5.32. The Balaban J connectivity index is 1.70. The van der Waals surface area contributed by atoms with Gasteiger partial charge in [-0.3, -0.25) is 4.79 Å². The average Bonchev–Trinajstić information content (AvgIpc) is 2.50. The molecule has 0 radical (unpaired) electrons. The number of anilines is 2. The van der Waals surface area contributed by atoms with E-state index in [2.05, 4.69) is 10.3 Å². The first-order valence-corrected chi connectivity index (χ1v) is 6.55. The van der Waals surface area contributed by atoms with Crippen LogP contribution >= 0.6 is 0 Å². The monoisotopic (exact) mass is 285 g/mol. The number of para-hydroxylation sites is 2. The third kappa shape index (κ3) is 2.74. The minimum atomic E-state index is -0.709. The molecule has 0 saturated carbocycles. The molecule has 0 fully saturated rings. The molecular weight excluding hydrogens is 270 g/mol. The lowest BCUT2D eigenvalue weighted by Gasteiger charge is -2.25. The van der Waals surface area contributed by atoms with E-state index in [9.17, 15) is 4.79 Å². The molecule has 6 heteroatoms. The molecule has 1 unspecified atom stereocenters. The summed E-state index contributed by atoms with van der Waals surface area (Å²) in [5, 5.41) is 2.70. The van der Waals surface area contributed by atoms with E-state index in [1.807, 2.05) is 19.1 Å². The summed E-state index contributed by atoms with van der Waals surface area (Å²) in [5.41, 5.74) is 7.13. The van der Waals surface area contributed by atoms with Crippen molar-refractivity contribution in [2.75, 3.05) is 17.7 Å². The van der Waals surface area contributed by atoms with Gasteiger partial charge in [0.05, 0.1) is 11.9 Å². The zero-order valence-corrected chi connectivity index (χ0v) is 11.5. The lowest BCUT2D eigenvalue weighted by atomic mass is 10.2. The third-order valence-corrected chi connectivity index (χ3v) is 3.20. The van der Waals surface area contributed by atoms with Gasteiger partial charge in [0, 0.05) is 0 Å². The van der Waals surface area contributed by atoms with Crippen molar-refractivity contribution in [3.63, 3.8) is 0 Å². The number of ether oxygens (including phenoxy) is 2. The van der Waals surface area contributed by atoms with E-state index in [4.69, 9.17) is 15.2 Å². The topological polar surface area (TPSA) is 86.5 Å². The zero-order valence-electron chi connectivity index (χ0n) is 11.5. The van der Waals surface area contributed by atoms with Gasteiger partial charge in [0.25, 0.3) is 5.91 Å². The van der Waals surface area contributed by atoms with Crippen LogP contribution in [0.3, 0.4) is 0 Å². The molecule has 2 heterocycles. The molecule has 21 heavy (non-hydrogen) atoms.